The highest BCUT2D eigenvalue weighted by atomic mass is 32.2. The van der Waals surface area contributed by atoms with Crippen LogP contribution in [0.3, 0.4) is 0 Å². The summed E-state index contributed by atoms with van der Waals surface area (Å²) in [6.07, 6.45) is 0. The summed E-state index contributed by atoms with van der Waals surface area (Å²) >= 11 is 0. The van der Waals surface area contributed by atoms with Crippen molar-refractivity contribution in [2.24, 2.45) is 0 Å². The highest BCUT2D eigenvalue weighted by Crippen LogP contribution is 2.17. The average Bonchev–Trinajstić information content (AvgIpc) is 2.48. The molecule has 2 aromatic carbocycles. The lowest BCUT2D eigenvalue weighted by atomic mass is 10.1. The SMILES string of the molecule is CC(NS(=O)(=O)c1ccccc1)c1ccc(C(=O)O)cc1. The van der Waals surface area contributed by atoms with Gasteiger partial charge in [0.2, 0.25) is 10.0 Å². The van der Waals surface area contributed by atoms with Gasteiger partial charge in [0.1, 0.15) is 0 Å². The number of aromatic carboxylic acids is 1. The molecule has 0 fully saturated rings. The largest absolute Gasteiger partial charge is 0.478 e. The number of nitrogens with one attached hydrogen (secondary N) is 1. The van der Waals surface area contributed by atoms with Crippen molar-refractivity contribution >= 4 is 16.0 Å². The Morgan fingerprint density at radius 1 is 1.05 bits per heavy atom. The first kappa shape index (κ1) is 15.2. The van der Waals surface area contributed by atoms with Crippen molar-refractivity contribution in [2.45, 2.75) is 17.9 Å². The zero-order valence-corrected chi connectivity index (χ0v) is 12.2. The molecule has 2 rings (SSSR count). The summed E-state index contributed by atoms with van der Waals surface area (Å²) in [6, 6.07) is 13.7. The molecule has 21 heavy (non-hydrogen) atoms. The second-order valence-corrected chi connectivity index (χ2v) is 6.30. The minimum Gasteiger partial charge on any atom is -0.478 e. The molecule has 0 bridgehead atoms. The molecule has 0 aliphatic heterocycles. The molecule has 1 unspecified atom stereocenters. The molecule has 0 aliphatic carbocycles. The van der Waals surface area contributed by atoms with Crippen LogP contribution in [0, 0.1) is 0 Å². The molecule has 2 N–H and O–H groups in total. The quantitative estimate of drug-likeness (QED) is 0.888. The maximum absolute atomic E-state index is 12.2. The maximum atomic E-state index is 12.2. The zero-order valence-electron chi connectivity index (χ0n) is 11.4. The molecular formula is C15H15NO4S. The van der Waals surface area contributed by atoms with E-state index < -0.39 is 22.0 Å². The predicted octanol–water partition coefficient (Wildman–Crippen LogP) is 2.42. The van der Waals surface area contributed by atoms with Gasteiger partial charge in [0.15, 0.2) is 0 Å². The lowest BCUT2D eigenvalue weighted by Crippen LogP contribution is -2.26. The minimum atomic E-state index is -3.60. The summed E-state index contributed by atoms with van der Waals surface area (Å²) in [7, 11) is -3.60. The van der Waals surface area contributed by atoms with E-state index in [-0.39, 0.29) is 10.5 Å². The fourth-order valence-electron chi connectivity index (χ4n) is 1.88. The van der Waals surface area contributed by atoms with Gasteiger partial charge in [-0.2, -0.15) is 0 Å². The van der Waals surface area contributed by atoms with Crippen molar-refractivity contribution in [3.05, 3.63) is 65.7 Å². The number of carboxylic acid groups (broad SMARTS) is 1. The molecule has 6 heteroatoms. The molecule has 5 nitrogen and oxygen atoms in total. The molecule has 2 aromatic rings. The Hall–Kier alpha value is -2.18. The third kappa shape index (κ3) is 3.68. The van der Waals surface area contributed by atoms with Crippen molar-refractivity contribution < 1.29 is 18.3 Å². The molecular weight excluding hydrogens is 290 g/mol. The molecule has 0 heterocycles. The van der Waals surface area contributed by atoms with Gasteiger partial charge in [-0.05, 0) is 36.8 Å². The molecule has 0 saturated heterocycles. The zero-order chi connectivity index (χ0) is 15.5. The van der Waals surface area contributed by atoms with Gasteiger partial charge in [0.05, 0.1) is 10.5 Å². The maximum Gasteiger partial charge on any atom is 0.335 e. The van der Waals surface area contributed by atoms with Crippen molar-refractivity contribution in [3.8, 4) is 0 Å². The van der Waals surface area contributed by atoms with Crippen LogP contribution in [0.2, 0.25) is 0 Å². The first-order chi connectivity index (χ1) is 9.90. The van der Waals surface area contributed by atoms with Crippen LogP contribution in [0.25, 0.3) is 0 Å². The average molecular weight is 305 g/mol. The molecule has 0 saturated carbocycles. The summed E-state index contributed by atoms with van der Waals surface area (Å²) in [4.78, 5) is 11.0. The van der Waals surface area contributed by atoms with Crippen molar-refractivity contribution in [3.63, 3.8) is 0 Å². The Morgan fingerprint density at radius 2 is 1.62 bits per heavy atom. The molecule has 0 spiro atoms. The highest BCUT2D eigenvalue weighted by Gasteiger charge is 2.18. The number of benzene rings is 2. The summed E-state index contributed by atoms with van der Waals surface area (Å²) < 4.78 is 26.9. The van der Waals surface area contributed by atoms with E-state index in [2.05, 4.69) is 4.72 Å². The van der Waals surface area contributed by atoms with Crippen LogP contribution in [0.15, 0.2) is 59.5 Å². The third-order valence-electron chi connectivity index (χ3n) is 3.04. The molecule has 110 valence electrons. The smallest absolute Gasteiger partial charge is 0.335 e. The van der Waals surface area contributed by atoms with E-state index in [4.69, 9.17) is 5.11 Å². The van der Waals surface area contributed by atoms with Crippen LogP contribution in [0.5, 0.6) is 0 Å². The lowest BCUT2D eigenvalue weighted by Gasteiger charge is -2.14. The van der Waals surface area contributed by atoms with Crippen molar-refractivity contribution in [2.75, 3.05) is 0 Å². The van der Waals surface area contributed by atoms with Gasteiger partial charge in [-0.3, -0.25) is 0 Å². The summed E-state index contributed by atoms with van der Waals surface area (Å²) in [5.41, 5.74) is 0.858. The summed E-state index contributed by atoms with van der Waals surface area (Å²) in [5.74, 6) is -1.01. The van der Waals surface area contributed by atoms with Crippen LogP contribution in [0.4, 0.5) is 0 Å². The van der Waals surface area contributed by atoms with E-state index in [0.29, 0.717) is 5.56 Å². The first-order valence-corrected chi connectivity index (χ1v) is 7.79. The van der Waals surface area contributed by atoms with E-state index in [1.807, 2.05) is 0 Å². The number of hydrogen-bond donors (Lipinski definition) is 2. The Bertz CT molecular complexity index is 724. The van der Waals surface area contributed by atoms with E-state index in [1.54, 1.807) is 37.3 Å². The summed E-state index contributed by atoms with van der Waals surface area (Å²) in [6.45, 7) is 1.70. The van der Waals surface area contributed by atoms with E-state index >= 15 is 0 Å². The Balaban J connectivity index is 2.18. The van der Waals surface area contributed by atoms with Gasteiger partial charge in [0.25, 0.3) is 0 Å². The second kappa shape index (κ2) is 6.07. The third-order valence-corrected chi connectivity index (χ3v) is 4.60. The molecule has 0 aliphatic rings. The molecule has 0 radical (unpaired) electrons. The number of rotatable bonds is 5. The van der Waals surface area contributed by atoms with Crippen molar-refractivity contribution in [1.29, 1.82) is 0 Å². The van der Waals surface area contributed by atoms with Gasteiger partial charge in [-0.1, -0.05) is 30.3 Å². The fourth-order valence-corrected chi connectivity index (χ4v) is 3.14. The number of carboxylic acids is 1. The fraction of sp³-hybridized carbons (Fsp3) is 0.133. The predicted molar refractivity (Wildman–Crippen MR) is 78.6 cm³/mol. The van der Waals surface area contributed by atoms with Crippen LogP contribution in [0.1, 0.15) is 28.9 Å². The molecule has 0 aromatic heterocycles. The Morgan fingerprint density at radius 3 is 2.14 bits per heavy atom. The van der Waals surface area contributed by atoms with Gasteiger partial charge in [0, 0.05) is 6.04 Å². The van der Waals surface area contributed by atoms with E-state index in [1.165, 1.54) is 24.3 Å². The van der Waals surface area contributed by atoms with Crippen LogP contribution >= 0.6 is 0 Å². The lowest BCUT2D eigenvalue weighted by molar-refractivity contribution is 0.0697. The van der Waals surface area contributed by atoms with Crippen LogP contribution in [-0.4, -0.2) is 19.5 Å². The van der Waals surface area contributed by atoms with Gasteiger partial charge < -0.3 is 5.11 Å². The van der Waals surface area contributed by atoms with Crippen LogP contribution in [-0.2, 0) is 10.0 Å². The van der Waals surface area contributed by atoms with Gasteiger partial charge in [-0.25, -0.2) is 17.9 Å². The monoisotopic (exact) mass is 305 g/mol. The summed E-state index contributed by atoms with van der Waals surface area (Å²) in [5, 5.41) is 8.84. The first-order valence-electron chi connectivity index (χ1n) is 6.31. The highest BCUT2D eigenvalue weighted by molar-refractivity contribution is 7.89. The number of carbonyl (C=O) groups is 1. The number of hydrogen-bond acceptors (Lipinski definition) is 3. The van der Waals surface area contributed by atoms with Crippen LogP contribution < -0.4 is 4.72 Å². The normalized spacial score (nSPS) is 12.8. The van der Waals surface area contributed by atoms with Gasteiger partial charge >= 0.3 is 5.97 Å². The minimum absolute atomic E-state index is 0.164. The number of sulfonamides is 1. The van der Waals surface area contributed by atoms with Crippen molar-refractivity contribution in [1.82, 2.24) is 4.72 Å². The van der Waals surface area contributed by atoms with E-state index in [9.17, 15) is 13.2 Å². The Labute approximate surface area is 123 Å². The molecule has 0 amide bonds. The second-order valence-electron chi connectivity index (χ2n) is 4.58. The van der Waals surface area contributed by atoms with Gasteiger partial charge in [-0.15, -0.1) is 0 Å². The Kier molecular flexibility index (Phi) is 4.40. The topological polar surface area (TPSA) is 83.5 Å². The molecule has 1 atom stereocenters. The standard InChI is InChI=1S/C15H15NO4S/c1-11(12-7-9-13(10-8-12)15(17)18)16-21(19,20)14-5-3-2-4-6-14/h2-11,16H,1H3,(H,17,18). The van der Waals surface area contributed by atoms with E-state index in [0.717, 1.165) is 0 Å².